The van der Waals surface area contributed by atoms with E-state index in [0.717, 1.165) is 10.9 Å². The van der Waals surface area contributed by atoms with Gasteiger partial charge in [-0.05, 0) is 48.9 Å². The van der Waals surface area contributed by atoms with Crippen molar-refractivity contribution >= 4 is 34.4 Å². The van der Waals surface area contributed by atoms with Crippen LogP contribution in [-0.4, -0.2) is 29.9 Å². The number of nitrogens with zero attached hydrogens (tertiary/aromatic N) is 1. The molecule has 174 valence electrons. The van der Waals surface area contributed by atoms with E-state index in [0.29, 0.717) is 34.9 Å². The number of fused-ring (bicyclic) bond motifs is 1. The molecule has 0 aliphatic heterocycles. The minimum Gasteiger partial charge on any atom is -0.490 e. The van der Waals surface area contributed by atoms with Crippen LogP contribution in [0.2, 0.25) is 0 Å². The summed E-state index contributed by atoms with van der Waals surface area (Å²) >= 11 is 0. The van der Waals surface area contributed by atoms with Crippen molar-refractivity contribution in [3.63, 3.8) is 0 Å². The number of ether oxygens (including phenoxy) is 2. The van der Waals surface area contributed by atoms with Crippen LogP contribution in [0.1, 0.15) is 22.8 Å². The Morgan fingerprint density at radius 3 is 2.54 bits per heavy atom. The zero-order valence-corrected chi connectivity index (χ0v) is 19.1. The number of anilines is 1. The first-order chi connectivity index (χ1) is 17.1. The van der Waals surface area contributed by atoms with Gasteiger partial charge in [-0.2, -0.15) is 5.26 Å². The van der Waals surface area contributed by atoms with Crippen LogP contribution in [0.4, 0.5) is 5.69 Å². The standard InChI is InChI=1S/C28H23N3O4/c1-2-34-26-15-19(12-13-25(26)35-18-27(32)31-21-8-4-3-5-9-21)14-20(16-29)28(33)23-17-30-24-11-7-6-10-22(23)24/h3-15,17,30H,2,18H2,1H3,(H,31,32)/b20-14+. The van der Waals surface area contributed by atoms with Crippen LogP contribution < -0.4 is 14.8 Å². The number of hydrogen-bond donors (Lipinski definition) is 2. The lowest BCUT2D eigenvalue weighted by atomic mass is 10.0. The summed E-state index contributed by atoms with van der Waals surface area (Å²) < 4.78 is 11.3. The minimum absolute atomic E-state index is 0.00638. The maximum atomic E-state index is 13.0. The quantitative estimate of drug-likeness (QED) is 0.196. The highest BCUT2D eigenvalue weighted by Gasteiger charge is 2.17. The average Bonchev–Trinajstić information content (AvgIpc) is 3.31. The lowest BCUT2D eigenvalue weighted by Gasteiger charge is -2.13. The Balaban J connectivity index is 1.52. The highest BCUT2D eigenvalue weighted by Crippen LogP contribution is 2.30. The van der Waals surface area contributed by atoms with E-state index in [1.165, 1.54) is 6.08 Å². The number of aromatic nitrogens is 1. The summed E-state index contributed by atoms with van der Waals surface area (Å²) in [6.07, 6.45) is 3.12. The summed E-state index contributed by atoms with van der Waals surface area (Å²) in [4.78, 5) is 28.3. The molecule has 0 saturated heterocycles. The lowest BCUT2D eigenvalue weighted by molar-refractivity contribution is -0.118. The Kier molecular flexibility index (Phi) is 7.24. The van der Waals surface area contributed by atoms with E-state index in [9.17, 15) is 14.9 Å². The van der Waals surface area contributed by atoms with Gasteiger partial charge in [0.1, 0.15) is 11.6 Å². The molecule has 0 unspecified atom stereocenters. The van der Waals surface area contributed by atoms with E-state index in [2.05, 4.69) is 10.3 Å². The van der Waals surface area contributed by atoms with Gasteiger partial charge in [0.15, 0.2) is 18.1 Å². The van der Waals surface area contributed by atoms with E-state index < -0.39 is 0 Å². The van der Waals surface area contributed by atoms with Crippen LogP contribution >= 0.6 is 0 Å². The molecule has 7 heteroatoms. The van der Waals surface area contributed by atoms with Gasteiger partial charge in [-0.3, -0.25) is 9.59 Å². The molecule has 35 heavy (non-hydrogen) atoms. The first-order valence-corrected chi connectivity index (χ1v) is 11.1. The fourth-order valence-corrected chi connectivity index (χ4v) is 3.58. The molecular formula is C28H23N3O4. The Morgan fingerprint density at radius 1 is 1.00 bits per heavy atom. The second-order valence-electron chi connectivity index (χ2n) is 7.59. The van der Waals surface area contributed by atoms with Crippen molar-refractivity contribution in [2.24, 2.45) is 0 Å². The van der Waals surface area contributed by atoms with Crippen molar-refractivity contribution in [2.45, 2.75) is 6.92 Å². The van der Waals surface area contributed by atoms with Gasteiger partial charge in [0, 0.05) is 28.4 Å². The molecule has 0 aliphatic rings. The molecule has 2 N–H and O–H groups in total. The van der Waals surface area contributed by atoms with E-state index in [4.69, 9.17) is 9.47 Å². The molecule has 0 aliphatic carbocycles. The third kappa shape index (κ3) is 5.57. The van der Waals surface area contributed by atoms with Gasteiger partial charge in [-0.15, -0.1) is 0 Å². The molecule has 0 bridgehead atoms. The van der Waals surface area contributed by atoms with Crippen LogP contribution in [0.5, 0.6) is 11.5 Å². The molecule has 7 nitrogen and oxygen atoms in total. The number of carbonyl (C=O) groups excluding carboxylic acids is 2. The Hall–Kier alpha value is -4.83. The number of H-pyrrole nitrogens is 1. The molecule has 4 aromatic rings. The number of benzene rings is 3. The molecule has 3 aromatic carbocycles. The number of nitrogens with one attached hydrogen (secondary N) is 2. The van der Waals surface area contributed by atoms with E-state index in [1.807, 2.05) is 55.5 Å². The molecular weight excluding hydrogens is 442 g/mol. The van der Waals surface area contributed by atoms with Crippen LogP contribution in [0.3, 0.4) is 0 Å². The number of rotatable bonds is 9. The molecule has 0 saturated carbocycles. The smallest absolute Gasteiger partial charge is 0.262 e. The van der Waals surface area contributed by atoms with Crippen molar-refractivity contribution in [3.8, 4) is 17.6 Å². The molecule has 0 fully saturated rings. The van der Waals surface area contributed by atoms with Gasteiger partial charge in [0.2, 0.25) is 5.78 Å². The molecule has 4 rings (SSSR count). The summed E-state index contributed by atoms with van der Waals surface area (Å²) in [6, 6.07) is 23.5. The molecule has 1 aromatic heterocycles. The highest BCUT2D eigenvalue weighted by atomic mass is 16.5. The summed E-state index contributed by atoms with van der Waals surface area (Å²) in [5, 5.41) is 13.2. The normalized spacial score (nSPS) is 11.0. The first kappa shape index (κ1) is 23.3. The van der Waals surface area contributed by atoms with Gasteiger partial charge >= 0.3 is 0 Å². The lowest BCUT2D eigenvalue weighted by Crippen LogP contribution is -2.20. The second kappa shape index (κ2) is 10.9. The van der Waals surface area contributed by atoms with Crippen molar-refractivity contribution in [3.05, 3.63) is 95.7 Å². The third-order valence-corrected chi connectivity index (χ3v) is 5.19. The van der Waals surface area contributed by atoms with Gasteiger partial charge < -0.3 is 19.8 Å². The van der Waals surface area contributed by atoms with E-state index in [1.54, 1.807) is 36.5 Å². The summed E-state index contributed by atoms with van der Waals surface area (Å²) in [5.41, 5.74) is 2.52. The average molecular weight is 466 g/mol. The number of ketones is 1. The van der Waals surface area contributed by atoms with Crippen molar-refractivity contribution in [2.75, 3.05) is 18.5 Å². The van der Waals surface area contributed by atoms with Crippen LogP contribution in [0.25, 0.3) is 17.0 Å². The van der Waals surface area contributed by atoms with Crippen LogP contribution in [0, 0.1) is 11.3 Å². The molecule has 0 radical (unpaired) electrons. The summed E-state index contributed by atoms with van der Waals surface area (Å²) in [7, 11) is 0. The SMILES string of the molecule is CCOc1cc(/C=C(\C#N)C(=O)c2c[nH]c3ccccc23)ccc1OCC(=O)Nc1ccccc1. The maximum Gasteiger partial charge on any atom is 0.262 e. The van der Waals surface area contributed by atoms with Crippen molar-refractivity contribution in [1.29, 1.82) is 5.26 Å². The number of carbonyl (C=O) groups is 2. The molecule has 0 spiro atoms. The zero-order valence-electron chi connectivity index (χ0n) is 19.1. The second-order valence-corrected chi connectivity index (χ2v) is 7.59. The summed E-state index contributed by atoms with van der Waals surface area (Å²) in [5.74, 6) is 0.110. The first-order valence-electron chi connectivity index (χ1n) is 11.1. The van der Waals surface area contributed by atoms with E-state index >= 15 is 0 Å². The highest BCUT2D eigenvalue weighted by molar-refractivity contribution is 6.19. The minimum atomic E-state index is -0.374. The fourth-order valence-electron chi connectivity index (χ4n) is 3.58. The number of nitriles is 1. The number of hydrogen-bond acceptors (Lipinski definition) is 5. The number of amides is 1. The summed E-state index contributed by atoms with van der Waals surface area (Å²) in [6.45, 7) is 2.00. The van der Waals surface area contributed by atoms with Gasteiger partial charge in [0.05, 0.1) is 6.61 Å². The van der Waals surface area contributed by atoms with E-state index in [-0.39, 0.29) is 23.9 Å². The Labute approximate surface area is 202 Å². The molecule has 0 atom stereocenters. The van der Waals surface area contributed by atoms with Crippen molar-refractivity contribution in [1.82, 2.24) is 4.98 Å². The molecule has 1 heterocycles. The maximum absolute atomic E-state index is 13.0. The van der Waals surface area contributed by atoms with Gasteiger partial charge in [0.25, 0.3) is 5.91 Å². The monoisotopic (exact) mass is 465 g/mol. The van der Waals surface area contributed by atoms with Crippen LogP contribution in [-0.2, 0) is 4.79 Å². The molecule has 1 amide bonds. The number of allylic oxidation sites excluding steroid dienone is 1. The van der Waals surface area contributed by atoms with Crippen molar-refractivity contribution < 1.29 is 19.1 Å². The number of Topliss-reactive ketones (excluding diaryl/α,β-unsaturated/α-hetero) is 1. The van der Waals surface area contributed by atoms with Gasteiger partial charge in [-0.25, -0.2) is 0 Å². The van der Waals surface area contributed by atoms with Crippen LogP contribution in [0.15, 0.2) is 84.6 Å². The predicted molar refractivity (Wildman–Crippen MR) is 134 cm³/mol. The predicted octanol–water partition coefficient (Wildman–Crippen LogP) is 5.37. The largest absolute Gasteiger partial charge is 0.490 e. The Morgan fingerprint density at radius 2 is 1.77 bits per heavy atom. The zero-order chi connectivity index (χ0) is 24.6. The fraction of sp³-hybridized carbons (Fsp3) is 0.107. The number of para-hydroxylation sites is 2. The van der Waals surface area contributed by atoms with Gasteiger partial charge in [-0.1, -0.05) is 42.5 Å². The number of aromatic amines is 1. The Bertz CT molecular complexity index is 1430. The topological polar surface area (TPSA) is 104 Å². The third-order valence-electron chi connectivity index (χ3n) is 5.19.